The van der Waals surface area contributed by atoms with Crippen LogP contribution in [-0.2, 0) is 0 Å². The van der Waals surface area contributed by atoms with Gasteiger partial charge in [-0.1, -0.05) is 13.8 Å². The maximum atomic E-state index is 5.90. The molecule has 2 aromatic rings. The molecule has 18 heavy (non-hydrogen) atoms. The van der Waals surface area contributed by atoms with Crippen LogP contribution in [-0.4, -0.2) is 9.55 Å². The van der Waals surface area contributed by atoms with E-state index in [-0.39, 0.29) is 0 Å². The molecular formula is C15H23N3. The minimum absolute atomic E-state index is 0.410. The van der Waals surface area contributed by atoms with Gasteiger partial charge in [-0.05, 0) is 44.9 Å². The summed E-state index contributed by atoms with van der Waals surface area (Å²) >= 11 is 0. The molecule has 0 amide bonds. The summed E-state index contributed by atoms with van der Waals surface area (Å²) in [6.45, 7) is 8.87. The van der Waals surface area contributed by atoms with Crippen molar-refractivity contribution < 1.29 is 0 Å². The van der Waals surface area contributed by atoms with Crippen LogP contribution in [0.5, 0.6) is 0 Å². The number of anilines is 1. The summed E-state index contributed by atoms with van der Waals surface area (Å²) in [5, 5.41) is 0. The number of hydrogen-bond donors (Lipinski definition) is 1. The highest BCUT2D eigenvalue weighted by Crippen LogP contribution is 2.30. The van der Waals surface area contributed by atoms with E-state index in [4.69, 9.17) is 10.7 Å². The zero-order chi connectivity index (χ0) is 13.3. The third-order valence-electron chi connectivity index (χ3n) is 3.61. The lowest BCUT2D eigenvalue weighted by atomic mass is 10.0. The van der Waals surface area contributed by atoms with E-state index in [1.807, 2.05) is 18.2 Å². The first-order valence-corrected chi connectivity index (χ1v) is 6.85. The van der Waals surface area contributed by atoms with Gasteiger partial charge in [-0.3, -0.25) is 0 Å². The van der Waals surface area contributed by atoms with Crippen LogP contribution in [0.2, 0.25) is 0 Å². The summed E-state index contributed by atoms with van der Waals surface area (Å²) in [6.07, 6.45) is 2.25. The topological polar surface area (TPSA) is 43.8 Å². The Labute approximate surface area is 109 Å². The minimum Gasteiger partial charge on any atom is -0.399 e. The van der Waals surface area contributed by atoms with Crippen molar-refractivity contribution in [3.63, 3.8) is 0 Å². The molecule has 1 aromatic heterocycles. The van der Waals surface area contributed by atoms with E-state index in [1.165, 1.54) is 5.82 Å². The van der Waals surface area contributed by atoms with Crippen LogP contribution in [0.4, 0.5) is 5.69 Å². The van der Waals surface area contributed by atoms with Gasteiger partial charge in [-0.2, -0.15) is 0 Å². The van der Waals surface area contributed by atoms with Crippen molar-refractivity contribution in [2.45, 2.75) is 52.5 Å². The molecule has 3 heteroatoms. The number of nitrogen functional groups attached to an aromatic ring is 1. The number of hydrogen-bond acceptors (Lipinski definition) is 2. The fourth-order valence-corrected chi connectivity index (χ4v) is 2.61. The number of benzene rings is 1. The van der Waals surface area contributed by atoms with Gasteiger partial charge in [0.15, 0.2) is 0 Å². The second-order valence-corrected chi connectivity index (χ2v) is 5.20. The molecule has 0 bridgehead atoms. The quantitative estimate of drug-likeness (QED) is 0.824. The SMILES string of the molecule is CCC(CC)c1nc2ccc(N)cc2n1C(C)C. The lowest BCUT2D eigenvalue weighted by Gasteiger charge is -2.18. The van der Waals surface area contributed by atoms with Crippen LogP contribution in [0.15, 0.2) is 18.2 Å². The number of nitrogens with zero attached hydrogens (tertiary/aromatic N) is 2. The molecule has 1 aromatic carbocycles. The Kier molecular flexibility index (Phi) is 3.60. The first kappa shape index (κ1) is 12.9. The maximum absolute atomic E-state index is 5.90. The van der Waals surface area contributed by atoms with Crippen molar-refractivity contribution in [1.29, 1.82) is 0 Å². The predicted molar refractivity (Wildman–Crippen MR) is 77.9 cm³/mol. The molecule has 0 saturated heterocycles. The molecule has 3 nitrogen and oxygen atoms in total. The van der Waals surface area contributed by atoms with E-state index in [1.54, 1.807) is 0 Å². The number of nitrogens with two attached hydrogens (primary N) is 1. The van der Waals surface area contributed by atoms with E-state index in [0.717, 1.165) is 29.6 Å². The molecule has 0 radical (unpaired) electrons. The highest BCUT2D eigenvalue weighted by molar-refractivity contribution is 5.80. The average molecular weight is 245 g/mol. The van der Waals surface area contributed by atoms with Crippen LogP contribution in [0.1, 0.15) is 58.3 Å². The predicted octanol–water partition coefficient (Wildman–Crippen LogP) is 4.10. The van der Waals surface area contributed by atoms with Crippen molar-refractivity contribution in [3.05, 3.63) is 24.0 Å². The molecule has 98 valence electrons. The summed E-state index contributed by atoms with van der Waals surface area (Å²) in [4.78, 5) is 4.82. The van der Waals surface area contributed by atoms with E-state index in [9.17, 15) is 0 Å². The van der Waals surface area contributed by atoms with Gasteiger partial charge in [-0.25, -0.2) is 4.98 Å². The second-order valence-electron chi connectivity index (χ2n) is 5.20. The van der Waals surface area contributed by atoms with E-state index in [0.29, 0.717) is 12.0 Å². The second kappa shape index (κ2) is 5.01. The highest BCUT2D eigenvalue weighted by atomic mass is 15.1. The van der Waals surface area contributed by atoms with Crippen LogP contribution in [0, 0.1) is 0 Å². The van der Waals surface area contributed by atoms with Gasteiger partial charge >= 0.3 is 0 Å². The molecule has 0 fully saturated rings. The van der Waals surface area contributed by atoms with E-state index < -0.39 is 0 Å². The lowest BCUT2D eigenvalue weighted by molar-refractivity contribution is 0.517. The van der Waals surface area contributed by atoms with Crippen LogP contribution < -0.4 is 5.73 Å². The van der Waals surface area contributed by atoms with Gasteiger partial charge in [0.1, 0.15) is 5.82 Å². The van der Waals surface area contributed by atoms with Crippen LogP contribution in [0.3, 0.4) is 0 Å². The minimum atomic E-state index is 0.410. The zero-order valence-electron chi connectivity index (χ0n) is 11.8. The average Bonchev–Trinajstić information content (AvgIpc) is 2.69. The number of imidazole rings is 1. The summed E-state index contributed by atoms with van der Waals surface area (Å²) < 4.78 is 2.34. The number of rotatable bonds is 4. The Morgan fingerprint density at radius 3 is 2.44 bits per heavy atom. The maximum Gasteiger partial charge on any atom is 0.113 e. The molecule has 0 aliphatic carbocycles. The molecular weight excluding hydrogens is 222 g/mol. The smallest absolute Gasteiger partial charge is 0.113 e. The van der Waals surface area contributed by atoms with Crippen molar-refractivity contribution in [1.82, 2.24) is 9.55 Å². The van der Waals surface area contributed by atoms with Crippen LogP contribution in [0.25, 0.3) is 11.0 Å². The van der Waals surface area contributed by atoms with Crippen molar-refractivity contribution in [3.8, 4) is 0 Å². The largest absolute Gasteiger partial charge is 0.399 e. The summed E-state index contributed by atoms with van der Waals surface area (Å²) in [7, 11) is 0. The van der Waals surface area contributed by atoms with E-state index in [2.05, 4.69) is 32.3 Å². The van der Waals surface area contributed by atoms with Gasteiger partial charge in [0.2, 0.25) is 0 Å². The first-order chi connectivity index (χ1) is 8.58. The number of fused-ring (bicyclic) bond motifs is 1. The Balaban J connectivity index is 2.69. The summed E-state index contributed by atoms with van der Waals surface area (Å²) in [6, 6.07) is 6.40. The molecule has 2 rings (SSSR count). The lowest BCUT2D eigenvalue weighted by Crippen LogP contribution is -2.10. The third kappa shape index (κ3) is 2.09. The van der Waals surface area contributed by atoms with Crippen LogP contribution >= 0.6 is 0 Å². The monoisotopic (exact) mass is 245 g/mol. The molecule has 1 heterocycles. The fraction of sp³-hybridized carbons (Fsp3) is 0.533. The Bertz CT molecular complexity index is 536. The summed E-state index contributed by atoms with van der Waals surface area (Å²) in [5.41, 5.74) is 8.92. The summed E-state index contributed by atoms with van der Waals surface area (Å²) in [5.74, 6) is 1.73. The first-order valence-electron chi connectivity index (χ1n) is 6.85. The van der Waals surface area contributed by atoms with Crippen molar-refractivity contribution >= 4 is 16.7 Å². The van der Waals surface area contributed by atoms with Crippen molar-refractivity contribution in [2.75, 3.05) is 5.73 Å². The molecule has 0 unspecified atom stereocenters. The van der Waals surface area contributed by atoms with E-state index >= 15 is 0 Å². The Morgan fingerprint density at radius 1 is 1.22 bits per heavy atom. The highest BCUT2D eigenvalue weighted by Gasteiger charge is 2.19. The molecule has 0 aliphatic heterocycles. The van der Waals surface area contributed by atoms with Gasteiger partial charge in [0.05, 0.1) is 11.0 Å². The van der Waals surface area contributed by atoms with Gasteiger partial charge in [0, 0.05) is 17.6 Å². The Morgan fingerprint density at radius 2 is 1.89 bits per heavy atom. The Hall–Kier alpha value is -1.51. The fourth-order valence-electron chi connectivity index (χ4n) is 2.61. The molecule has 0 saturated carbocycles. The van der Waals surface area contributed by atoms with Crippen molar-refractivity contribution in [2.24, 2.45) is 0 Å². The standard InChI is InChI=1S/C15H23N3/c1-5-11(6-2)15-17-13-8-7-12(16)9-14(13)18(15)10(3)4/h7-11H,5-6,16H2,1-4H3. The normalized spacial score (nSPS) is 11.9. The van der Waals surface area contributed by atoms with Gasteiger partial charge in [0.25, 0.3) is 0 Å². The zero-order valence-corrected chi connectivity index (χ0v) is 11.8. The molecule has 2 N–H and O–H groups in total. The number of aromatic nitrogens is 2. The molecule has 0 spiro atoms. The van der Waals surface area contributed by atoms with Gasteiger partial charge < -0.3 is 10.3 Å². The molecule has 0 atom stereocenters. The van der Waals surface area contributed by atoms with Gasteiger partial charge in [-0.15, -0.1) is 0 Å². The third-order valence-corrected chi connectivity index (χ3v) is 3.61. The molecule has 0 aliphatic rings.